The molecule has 2 aromatic rings. The van der Waals surface area contributed by atoms with Crippen molar-refractivity contribution in [2.45, 2.75) is 6.92 Å². The fraction of sp³-hybridized carbons (Fsp3) is 0.167. The fourth-order valence-electron chi connectivity index (χ4n) is 1.46. The van der Waals surface area contributed by atoms with E-state index in [9.17, 15) is 4.79 Å². The van der Waals surface area contributed by atoms with Crippen LogP contribution in [0, 0.1) is 0 Å². The molecule has 0 saturated heterocycles. The maximum atomic E-state index is 11.3. The summed E-state index contributed by atoms with van der Waals surface area (Å²) in [6.45, 7) is 2.30. The van der Waals surface area contributed by atoms with Gasteiger partial charge in [-0.25, -0.2) is 0 Å². The largest absolute Gasteiger partial charge is 0.483 e. The summed E-state index contributed by atoms with van der Waals surface area (Å²) in [4.78, 5) is 15.3. The third-order valence-electron chi connectivity index (χ3n) is 2.30. The number of nitrogens with two attached hydrogens (primary N) is 1. The molecule has 1 aromatic heterocycles. The van der Waals surface area contributed by atoms with Gasteiger partial charge in [0.15, 0.2) is 17.9 Å². The van der Waals surface area contributed by atoms with Crippen LogP contribution >= 0.6 is 0 Å². The highest BCUT2D eigenvalue weighted by Gasteiger charge is 2.17. The van der Waals surface area contributed by atoms with E-state index in [0.717, 1.165) is 5.69 Å². The Kier molecular flexibility index (Phi) is 3.87. The van der Waals surface area contributed by atoms with Crippen molar-refractivity contribution < 1.29 is 9.53 Å². The Balaban J connectivity index is 2.47. The molecule has 1 heterocycles. The van der Waals surface area contributed by atoms with Crippen LogP contribution in [0.25, 0.3) is 5.69 Å². The van der Waals surface area contributed by atoms with Gasteiger partial charge in [0.2, 0.25) is 0 Å². The summed E-state index contributed by atoms with van der Waals surface area (Å²) in [6.07, 6.45) is 1.24. The van der Waals surface area contributed by atoms with Crippen molar-refractivity contribution in [2.24, 2.45) is 10.7 Å². The summed E-state index contributed by atoms with van der Waals surface area (Å²) in [5.74, 6) is -0.446. The Morgan fingerprint density at radius 2 is 2.21 bits per heavy atom. The van der Waals surface area contributed by atoms with Crippen molar-refractivity contribution in [2.75, 3.05) is 6.61 Å². The van der Waals surface area contributed by atoms with Crippen molar-refractivity contribution in [3.8, 4) is 5.69 Å². The summed E-state index contributed by atoms with van der Waals surface area (Å²) in [7, 11) is 0. The van der Waals surface area contributed by atoms with Crippen LogP contribution in [0.2, 0.25) is 0 Å². The lowest BCUT2D eigenvalue weighted by Crippen LogP contribution is -2.12. The molecule has 7 nitrogen and oxygen atoms in total. The van der Waals surface area contributed by atoms with Gasteiger partial charge in [-0.05, 0) is 19.1 Å². The number of aromatic nitrogens is 3. The molecule has 0 bridgehead atoms. The number of nitrogens with zero attached hydrogens (tertiary/aromatic N) is 4. The van der Waals surface area contributed by atoms with Gasteiger partial charge in [0.1, 0.15) is 0 Å². The third-order valence-corrected chi connectivity index (χ3v) is 2.30. The lowest BCUT2D eigenvalue weighted by atomic mass is 10.3. The van der Waals surface area contributed by atoms with Gasteiger partial charge in [0.05, 0.1) is 12.3 Å². The second-order valence-corrected chi connectivity index (χ2v) is 3.56. The number of rotatable bonds is 5. The summed E-state index contributed by atoms with van der Waals surface area (Å²) < 4.78 is 6.45. The molecule has 19 heavy (non-hydrogen) atoms. The molecule has 1 amide bonds. The van der Waals surface area contributed by atoms with Crippen LogP contribution in [0.15, 0.2) is 35.3 Å². The lowest BCUT2D eigenvalue weighted by molar-refractivity contribution is 0.0996. The minimum absolute atomic E-state index is 0.000180. The molecule has 0 aliphatic rings. The van der Waals surface area contributed by atoms with E-state index in [1.165, 1.54) is 11.1 Å². The van der Waals surface area contributed by atoms with Crippen LogP contribution in [0.1, 0.15) is 17.4 Å². The van der Waals surface area contributed by atoms with Gasteiger partial charge < -0.3 is 10.5 Å². The molecule has 0 fully saturated rings. The predicted molar refractivity (Wildman–Crippen MR) is 69.7 cm³/mol. The summed E-state index contributed by atoms with van der Waals surface area (Å²) in [5.41, 5.74) is 5.97. The van der Waals surface area contributed by atoms with Gasteiger partial charge in [0.25, 0.3) is 5.91 Å². The smallest absolute Gasteiger partial charge is 0.273 e. The van der Waals surface area contributed by atoms with Crippen LogP contribution in [0.5, 0.6) is 0 Å². The highest BCUT2D eigenvalue weighted by molar-refractivity contribution is 5.95. The van der Waals surface area contributed by atoms with E-state index < -0.39 is 5.91 Å². The molecular weight excluding hydrogens is 246 g/mol. The fourth-order valence-corrected chi connectivity index (χ4v) is 1.46. The van der Waals surface area contributed by atoms with E-state index in [-0.39, 0.29) is 11.5 Å². The molecular formula is C12H13N5O2. The van der Waals surface area contributed by atoms with E-state index >= 15 is 0 Å². The van der Waals surface area contributed by atoms with Crippen molar-refractivity contribution in [1.29, 1.82) is 0 Å². The van der Waals surface area contributed by atoms with Gasteiger partial charge in [-0.15, -0.1) is 5.10 Å². The van der Waals surface area contributed by atoms with Crippen LogP contribution in [-0.2, 0) is 4.74 Å². The highest BCUT2D eigenvalue weighted by atomic mass is 16.5. The Labute approximate surface area is 109 Å². The van der Waals surface area contributed by atoms with Crippen LogP contribution in [-0.4, -0.2) is 33.9 Å². The second kappa shape index (κ2) is 5.76. The lowest BCUT2D eigenvalue weighted by Gasteiger charge is -2.02. The Bertz CT molecular complexity index is 591. The minimum Gasteiger partial charge on any atom is -0.483 e. The van der Waals surface area contributed by atoms with Gasteiger partial charge in [-0.2, -0.15) is 9.67 Å². The second-order valence-electron chi connectivity index (χ2n) is 3.56. The predicted octanol–water partition coefficient (Wildman–Crippen LogP) is 1.06. The zero-order valence-corrected chi connectivity index (χ0v) is 10.4. The maximum absolute atomic E-state index is 11.3. The molecule has 7 heteroatoms. The van der Waals surface area contributed by atoms with E-state index in [2.05, 4.69) is 15.3 Å². The monoisotopic (exact) mass is 259 g/mol. The zero-order valence-electron chi connectivity index (χ0n) is 10.4. The first-order valence-corrected chi connectivity index (χ1v) is 5.69. The van der Waals surface area contributed by atoms with Crippen LogP contribution in [0.3, 0.4) is 0 Å². The number of carbonyl (C=O) groups excluding carboxylic acids is 1. The van der Waals surface area contributed by atoms with Gasteiger partial charge >= 0.3 is 0 Å². The van der Waals surface area contributed by atoms with Gasteiger partial charge in [-0.1, -0.05) is 23.4 Å². The SMILES string of the molecule is CCO/C=N/c1c(C(N)=O)nnn1-c1ccccc1. The number of para-hydroxylation sites is 1. The van der Waals surface area contributed by atoms with E-state index in [0.29, 0.717) is 6.61 Å². The number of benzene rings is 1. The third kappa shape index (κ3) is 2.76. The minimum atomic E-state index is -0.689. The molecule has 98 valence electrons. The van der Waals surface area contributed by atoms with Crippen LogP contribution in [0.4, 0.5) is 5.82 Å². The molecule has 0 spiro atoms. The van der Waals surface area contributed by atoms with Crippen molar-refractivity contribution in [3.63, 3.8) is 0 Å². The number of amides is 1. The molecule has 1 aromatic carbocycles. The Hall–Kier alpha value is -2.70. The first-order chi connectivity index (χ1) is 9.24. The topological polar surface area (TPSA) is 95.4 Å². The normalized spacial score (nSPS) is 10.8. The van der Waals surface area contributed by atoms with Crippen molar-refractivity contribution >= 4 is 18.1 Å². The first kappa shape index (κ1) is 12.7. The van der Waals surface area contributed by atoms with E-state index in [4.69, 9.17) is 10.5 Å². The molecule has 2 rings (SSSR count). The number of ether oxygens (including phenoxy) is 1. The van der Waals surface area contributed by atoms with E-state index in [1.807, 2.05) is 37.3 Å². The van der Waals surface area contributed by atoms with Crippen molar-refractivity contribution in [1.82, 2.24) is 15.0 Å². The van der Waals surface area contributed by atoms with Crippen LogP contribution < -0.4 is 5.73 Å². The number of carbonyl (C=O) groups is 1. The zero-order chi connectivity index (χ0) is 13.7. The van der Waals surface area contributed by atoms with E-state index in [1.54, 1.807) is 0 Å². The molecule has 0 aliphatic carbocycles. The number of hydrogen-bond acceptors (Lipinski definition) is 5. The maximum Gasteiger partial charge on any atom is 0.273 e. The molecule has 0 radical (unpaired) electrons. The number of hydrogen-bond donors (Lipinski definition) is 1. The van der Waals surface area contributed by atoms with Crippen molar-refractivity contribution in [3.05, 3.63) is 36.0 Å². The quantitative estimate of drug-likeness (QED) is 0.641. The summed E-state index contributed by atoms with van der Waals surface area (Å²) >= 11 is 0. The Morgan fingerprint density at radius 3 is 2.84 bits per heavy atom. The number of aliphatic imine (C=N–C) groups is 1. The number of primary amides is 1. The summed E-state index contributed by atoms with van der Waals surface area (Å²) in [5, 5.41) is 7.62. The molecule has 2 N–H and O–H groups in total. The average molecular weight is 259 g/mol. The molecule has 0 unspecified atom stereocenters. The van der Waals surface area contributed by atoms with Gasteiger partial charge in [-0.3, -0.25) is 4.79 Å². The molecule has 0 saturated carbocycles. The Morgan fingerprint density at radius 1 is 1.47 bits per heavy atom. The highest BCUT2D eigenvalue weighted by Crippen LogP contribution is 2.20. The standard InChI is InChI=1S/C12H13N5O2/c1-2-19-8-14-12-10(11(13)18)15-16-17(12)9-6-4-3-5-7-9/h3-8H,2H2,1H3,(H2,13,18)/b14-8+. The summed E-state index contributed by atoms with van der Waals surface area (Å²) in [6, 6.07) is 9.20. The average Bonchev–Trinajstić information content (AvgIpc) is 2.84. The molecule has 0 atom stereocenters. The molecule has 0 aliphatic heterocycles. The first-order valence-electron chi connectivity index (χ1n) is 5.69. The van der Waals surface area contributed by atoms with Gasteiger partial charge in [0, 0.05) is 0 Å².